The fourth-order valence-electron chi connectivity index (χ4n) is 4.50. The second kappa shape index (κ2) is 7.18. The molecular weight excluding hydrogens is 559 g/mol. The van der Waals surface area contributed by atoms with E-state index in [4.69, 9.17) is 0 Å². The van der Waals surface area contributed by atoms with Crippen molar-refractivity contribution in [2.75, 3.05) is 0 Å². The minimum absolute atomic E-state index is 0.130. The number of benzene rings is 2. The zero-order valence-electron chi connectivity index (χ0n) is 15.8. The Bertz CT molecular complexity index is 1280. The number of nitrogens with one attached hydrogen (secondary N) is 1. The molecule has 4 heterocycles. The summed E-state index contributed by atoms with van der Waals surface area (Å²) >= 11 is -2.30. The number of amides is 2. The summed E-state index contributed by atoms with van der Waals surface area (Å²) in [5.41, 5.74) is -1.36. The first kappa shape index (κ1) is 21.7. The second-order valence-corrected chi connectivity index (χ2v) is 16.4. The molecule has 1 N–H and O–H groups in total. The van der Waals surface area contributed by atoms with Gasteiger partial charge in [-0.05, 0) is 0 Å². The summed E-state index contributed by atoms with van der Waals surface area (Å²) in [4.78, 5) is 24.2. The molecule has 2 amide bonds. The molecule has 6 rings (SSSR count). The van der Waals surface area contributed by atoms with E-state index in [1.165, 1.54) is 0 Å². The molecule has 32 heavy (non-hydrogen) atoms. The van der Waals surface area contributed by atoms with Crippen molar-refractivity contribution in [2.24, 2.45) is 0 Å². The topological polar surface area (TPSA) is 46.2 Å². The molecule has 2 aromatic carbocycles. The van der Waals surface area contributed by atoms with Gasteiger partial charge < -0.3 is 0 Å². The van der Waals surface area contributed by atoms with E-state index in [0.717, 1.165) is 33.4 Å². The molecular formula is C21H10F6InNO2S. The molecule has 11 heteroatoms. The third-order valence-corrected chi connectivity index (χ3v) is 17.2. The Labute approximate surface area is 189 Å². The quantitative estimate of drug-likeness (QED) is 0.419. The van der Waals surface area contributed by atoms with Crippen LogP contribution in [0.5, 0.6) is 0 Å². The fourth-order valence-corrected chi connectivity index (χ4v) is 17.0. The number of halogens is 6. The van der Waals surface area contributed by atoms with Crippen molar-refractivity contribution in [1.82, 2.24) is 5.32 Å². The van der Waals surface area contributed by atoms with Gasteiger partial charge in [-0.1, -0.05) is 0 Å². The Morgan fingerprint density at radius 3 is 2.25 bits per heavy atom. The van der Waals surface area contributed by atoms with Crippen LogP contribution in [0, 0.1) is 0 Å². The van der Waals surface area contributed by atoms with Gasteiger partial charge in [0.15, 0.2) is 0 Å². The first-order valence-electron chi connectivity index (χ1n) is 9.34. The summed E-state index contributed by atoms with van der Waals surface area (Å²) in [6, 6.07) is 9.01. The van der Waals surface area contributed by atoms with Crippen LogP contribution in [-0.4, -0.2) is 32.6 Å². The van der Waals surface area contributed by atoms with E-state index in [2.05, 4.69) is 5.32 Å². The number of carbonyl (C=O) groups is 2. The molecule has 4 aliphatic rings. The number of thioether (sulfide) groups is 1. The van der Waals surface area contributed by atoms with E-state index >= 15 is 0 Å². The number of rotatable bonds is 2. The van der Waals surface area contributed by atoms with Crippen molar-refractivity contribution in [3.63, 3.8) is 0 Å². The third kappa shape index (κ3) is 3.32. The van der Waals surface area contributed by atoms with E-state index in [9.17, 15) is 35.9 Å². The first-order valence-corrected chi connectivity index (χ1v) is 15.1. The van der Waals surface area contributed by atoms with Gasteiger partial charge in [0, 0.05) is 0 Å². The number of hydrogen-bond donors (Lipinski definition) is 1. The molecule has 162 valence electrons. The number of carbonyl (C=O) groups excluding carboxylic acids is 2. The van der Waals surface area contributed by atoms with Gasteiger partial charge in [-0.25, -0.2) is 0 Å². The van der Waals surface area contributed by atoms with Crippen LogP contribution in [0.2, 0.25) is 0 Å². The average molecular weight is 569 g/mol. The van der Waals surface area contributed by atoms with Crippen molar-refractivity contribution in [3.05, 3.63) is 76.3 Å². The van der Waals surface area contributed by atoms with Crippen LogP contribution < -0.4 is 8.64 Å². The van der Waals surface area contributed by atoms with Crippen molar-refractivity contribution in [2.45, 2.75) is 18.8 Å². The number of imide groups is 1. The van der Waals surface area contributed by atoms with Gasteiger partial charge in [0.25, 0.3) is 0 Å². The Morgan fingerprint density at radius 2 is 1.66 bits per heavy atom. The molecule has 0 aliphatic carbocycles. The van der Waals surface area contributed by atoms with Gasteiger partial charge in [-0.3, -0.25) is 0 Å². The third-order valence-electron chi connectivity index (χ3n) is 5.75. The van der Waals surface area contributed by atoms with E-state index in [1.54, 1.807) is 6.07 Å². The number of allylic oxidation sites excluding steroid dienone is 3. The van der Waals surface area contributed by atoms with Gasteiger partial charge >= 0.3 is 190 Å². The molecule has 0 unspecified atom stereocenters. The molecule has 1 saturated heterocycles. The van der Waals surface area contributed by atoms with Crippen LogP contribution in [0.1, 0.15) is 22.3 Å². The summed E-state index contributed by atoms with van der Waals surface area (Å²) in [5, 5.41) is 1.71. The predicted octanol–water partition coefficient (Wildman–Crippen LogP) is 4.77. The number of alkyl halides is 6. The Morgan fingerprint density at radius 1 is 0.938 bits per heavy atom. The molecule has 0 spiro atoms. The van der Waals surface area contributed by atoms with Gasteiger partial charge in [0.1, 0.15) is 0 Å². The minimum atomic E-state index is -4.94. The summed E-state index contributed by atoms with van der Waals surface area (Å²) in [5.74, 6) is -0.508. The SMILES string of the molecule is O=C1NC(=O)/C(=[C]2\C3=[C](Cc4ccc(C(F)(F)F)cc4C(F)(F)F)[In]2[c]2ccccc23)S1. The van der Waals surface area contributed by atoms with Crippen LogP contribution >= 0.6 is 11.8 Å². The molecule has 0 aromatic heterocycles. The van der Waals surface area contributed by atoms with E-state index in [0.29, 0.717) is 16.5 Å². The average Bonchev–Trinajstić information content (AvgIpc) is 3.31. The molecule has 1 fully saturated rings. The Balaban J connectivity index is 1.62. The van der Waals surface area contributed by atoms with Gasteiger partial charge in [0.2, 0.25) is 0 Å². The molecule has 2 aromatic rings. The van der Waals surface area contributed by atoms with Gasteiger partial charge in [0.05, 0.1) is 0 Å². The monoisotopic (exact) mass is 569 g/mol. The second-order valence-electron chi connectivity index (χ2n) is 7.55. The number of hydrogen-bond acceptors (Lipinski definition) is 3. The van der Waals surface area contributed by atoms with E-state index in [-0.39, 0.29) is 18.1 Å². The van der Waals surface area contributed by atoms with Gasteiger partial charge in [-0.2, -0.15) is 0 Å². The van der Waals surface area contributed by atoms with Crippen LogP contribution in [-0.2, 0) is 23.6 Å². The molecule has 3 nitrogen and oxygen atoms in total. The van der Waals surface area contributed by atoms with Crippen molar-refractivity contribution >= 4 is 53.2 Å². The Kier molecular flexibility index (Phi) is 4.87. The molecule has 2 bridgehead atoms. The van der Waals surface area contributed by atoms with E-state index < -0.39 is 56.1 Å². The zero-order valence-corrected chi connectivity index (χ0v) is 19.9. The molecule has 0 atom stereocenters. The molecule has 0 saturated carbocycles. The Hall–Kier alpha value is -2.14. The predicted molar refractivity (Wildman–Crippen MR) is 107 cm³/mol. The van der Waals surface area contributed by atoms with Crippen molar-refractivity contribution < 1.29 is 35.9 Å². The molecule has 4 aliphatic heterocycles. The summed E-state index contributed by atoms with van der Waals surface area (Å²) in [7, 11) is 0. The van der Waals surface area contributed by atoms with Gasteiger partial charge in [-0.15, -0.1) is 0 Å². The van der Waals surface area contributed by atoms with Crippen LogP contribution in [0.4, 0.5) is 31.1 Å². The normalized spacial score (nSPS) is 20.0. The molecule has 0 radical (unpaired) electrons. The maximum atomic E-state index is 13.6. The zero-order chi connectivity index (χ0) is 23.0. The fraction of sp³-hybridized carbons (Fsp3) is 0.143. The maximum absolute atomic E-state index is 13.6. The summed E-state index contributed by atoms with van der Waals surface area (Å²) in [6.45, 7) is 0. The van der Waals surface area contributed by atoms with Crippen LogP contribution in [0.25, 0.3) is 5.57 Å². The van der Waals surface area contributed by atoms with Crippen LogP contribution in [0.3, 0.4) is 0 Å². The van der Waals surface area contributed by atoms with E-state index in [1.807, 2.05) is 18.2 Å². The van der Waals surface area contributed by atoms with Crippen molar-refractivity contribution in [1.29, 1.82) is 0 Å². The summed E-state index contributed by atoms with van der Waals surface area (Å²) in [6.07, 6.45) is -9.96. The van der Waals surface area contributed by atoms with Crippen molar-refractivity contribution in [3.8, 4) is 0 Å². The summed E-state index contributed by atoms with van der Waals surface area (Å²) < 4.78 is 82.4. The standard InChI is InChI=1S/C21H10F6NO2S.In/c22-20(23,24)15-9-8-13(16(11-15)21(25,26)27)6-7-14(12-4-2-1-3-5-12)10-17-18(29)28-19(30)31-17;/h1-4,8-9,11H,6H2,(H,28,29,30);. The first-order chi connectivity index (χ1) is 15.0. The van der Waals surface area contributed by atoms with Crippen LogP contribution in [0.15, 0.2) is 54.0 Å².